The fourth-order valence-electron chi connectivity index (χ4n) is 3.50. The summed E-state index contributed by atoms with van der Waals surface area (Å²) < 4.78 is 9.91. The first kappa shape index (κ1) is 26.9. The molecule has 0 aromatic carbocycles. The molecule has 0 aliphatic rings. The van der Waals surface area contributed by atoms with Gasteiger partial charge in [-0.05, 0) is 32.6 Å². The first-order chi connectivity index (χ1) is 13.6. The lowest BCUT2D eigenvalue weighted by molar-refractivity contribution is -0.144. The van der Waals surface area contributed by atoms with Gasteiger partial charge in [0.1, 0.15) is 0 Å². The Hall–Kier alpha value is -1.06. The van der Waals surface area contributed by atoms with Crippen LogP contribution < -0.4 is 0 Å². The molecule has 0 fully saturated rings. The summed E-state index contributed by atoms with van der Waals surface area (Å²) in [6.45, 7) is 6.95. The molecule has 0 rings (SSSR count). The average molecular weight is 399 g/mol. The Morgan fingerprint density at radius 2 is 0.964 bits per heavy atom. The topological polar surface area (TPSA) is 52.6 Å². The van der Waals surface area contributed by atoms with E-state index in [0.29, 0.717) is 32.0 Å². The van der Waals surface area contributed by atoms with Gasteiger partial charge in [-0.15, -0.1) is 0 Å². The molecule has 0 amide bonds. The summed E-state index contributed by atoms with van der Waals surface area (Å²) in [5.41, 5.74) is 0. The van der Waals surface area contributed by atoms with Crippen molar-refractivity contribution in [3.05, 3.63) is 0 Å². The summed E-state index contributed by atoms with van der Waals surface area (Å²) in [5.74, 6) is 0.529. The molecular weight excluding hydrogens is 352 g/mol. The molecule has 0 heterocycles. The Balaban J connectivity index is 3.21. The van der Waals surface area contributed by atoms with Crippen LogP contribution >= 0.6 is 0 Å². The maximum Gasteiger partial charge on any atom is 0.305 e. The number of esters is 2. The van der Waals surface area contributed by atoms with Crippen LogP contribution in [0.2, 0.25) is 0 Å². The van der Waals surface area contributed by atoms with E-state index in [1.807, 2.05) is 13.8 Å². The zero-order valence-corrected chi connectivity index (χ0v) is 18.9. The lowest BCUT2D eigenvalue weighted by Gasteiger charge is -2.10. The molecular formula is C24H46O4. The largest absolute Gasteiger partial charge is 0.466 e. The summed E-state index contributed by atoms with van der Waals surface area (Å²) in [6, 6.07) is 0. The molecule has 0 aromatic rings. The fourth-order valence-corrected chi connectivity index (χ4v) is 3.50. The molecule has 0 saturated heterocycles. The number of hydrogen-bond donors (Lipinski definition) is 0. The highest BCUT2D eigenvalue weighted by Crippen LogP contribution is 2.17. The van der Waals surface area contributed by atoms with Gasteiger partial charge in [0.25, 0.3) is 0 Å². The minimum atomic E-state index is -0.0500. The highest BCUT2D eigenvalue weighted by molar-refractivity contribution is 5.69. The van der Waals surface area contributed by atoms with Crippen LogP contribution in [-0.2, 0) is 19.1 Å². The van der Waals surface area contributed by atoms with E-state index in [9.17, 15) is 9.59 Å². The van der Waals surface area contributed by atoms with Crippen molar-refractivity contribution in [2.45, 2.75) is 124 Å². The van der Waals surface area contributed by atoms with E-state index in [1.54, 1.807) is 0 Å². The normalized spacial score (nSPS) is 12.0. The summed E-state index contributed by atoms with van der Waals surface area (Å²) in [5, 5.41) is 0. The number of carbonyl (C=O) groups is 2. The van der Waals surface area contributed by atoms with Gasteiger partial charge in [-0.1, -0.05) is 84.0 Å². The number of carbonyl (C=O) groups excluding carboxylic acids is 2. The number of unbranched alkanes of at least 4 members (excludes halogenated alkanes) is 11. The molecule has 1 atom stereocenters. The molecule has 0 N–H and O–H groups in total. The summed E-state index contributed by atoms with van der Waals surface area (Å²) >= 11 is 0. The van der Waals surface area contributed by atoms with Crippen molar-refractivity contribution in [1.29, 1.82) is 0 Å². The van der Waals surface area contributed by atoms with Gasteiger partial charge in [0, 0.05) is 12.8 Å². The van der Waals surface area contributed by atoms with Gasteiger partial charge in [0.15, 0.2) is 0 Å². The Morgan fingerprint density at radius 3 is 1.43 bits per heavy atom. The molecule has 4 nitrogen and oxygen atoms in total. The maximum atomic E-state index is 11.3. The monoisotopic (exact) mass is 398 g/mol. The van der Waals surface area contributed by atoms with Crippen LogP contribution in [0.3, 0.4) is 0 Å². The smallest absolute Gasteiger partial charge is 0.305 e. The average Bonchev–Trinajstić information content (AvgIpc) is 2.67. The first-order valence-corrected chi connectivity index (χ1v) is 11.9. The van der Waals surface area contributed by atoms with Crippen LogP contribution in [0.5, 0.6) is 0 Å². The van der Waals surface area contributed by atoms with Crippen molar-refractivity contribution in [2.24, 2.45) is 5.92 Å². The second-order valence-electron chi connectivity index (χ2n) is 8.04. The molecule has 28 heavy (non-hydrogen) atoms. The second kappa shape index (κ2) is 20.7. The zero-order valence-electron chi connectivity index (χ0n) is 18.9. The van der Waals surface area contributed by atoms with E-state index in [2.05, 4.69) is 6.92 Å². The van der Waals surface area contributed by atoms with Crippen molar-refractivity contribution in [3.8, 4) is 0 Å². The molecule has 0 saturated carbocycles. The molecule has 1 unspecified atom stereocenters. The predicted molar refractivity (Wildman–Crippen MR) is 116 cm³/mol. The van der Waals surface area contributed by atoms with Gasteiger partial charge in [0.05, 0.1) is 13.2 Å². The van der Waals surface area contributed by atoms with Gasteiger partial charge in [0.2, 0.25) is 0 Å². The summed E-state index contributed by atoms with van der Waals surface area (Å²) in [7, 11) is 0. The second-order valence-corrected chi connectivity index (χ2v) is 8.04. The molecule has 0 bridgehead atoms. The third-order valence-corrected chi connectivity index (χ3v) is 5.28. The molecule has 0 aliphatic carbocycles. The third-order valence-electron chi connectivity index (χ3n) is 5.28. The summed E-state index contributed by atoms with van der Waals surface area (Å²) in [6.07, 6.45) is 18.7. The van der Waals surface area contributed by atoms with Gasteiger partial charge in [-0.25, -0.2) is 0 Å². The molecule has 4 heteroatoms. The van der Waals surface area contributed by atoms with Crippen molar-refractivity contribution in [1.82, 2.24) is 0 Å². The van der Waals surface area contributed by atoms with E-state index in [0.717, 1.165) is 19.3 Å². The van der Waals surface area contributed by atoms with Crippen molar-refractivity contribution in [3.63, 3.8) is 0 Å². The number of hydrogen-bond acceptors (Lipinski definition) is 4. The van der Waals surface area contributed by atoms with Crippen LogP contribution in [0.25, 0.3) is 0 Å². The number of rotatable bonds is 20. The van der Waals surface area contributed by atoms with E-state index in [-0.39, 0.29) is 11.9 Å². The Bertz CT molecular complexity index is 368. The Labute approximate surface area is 174 Å². The SMILES string of the molecule is CCOC(=O)CCCCCCCCCCCCCCC(C)CCC(=O)OCC. The summed E-state index contributed by atoms with van der Waals surface area (Å²) in [4.78, 5) is 22.6. The predicted octanol–water partition coefficient (Wildman–Crippen LogP) is 6.99. The van der Waals surface area contributed by atoms with E-state index in [4.69, 9.17) is 9.47 Å². The minimum absolute atomic E-state index is 0.0476. The van der Waals surface area contributed by atoms with Crippen LogP contribution in [0.1, 0.15) is 124 Å². The quantitative estimate of drug-likeness (QED) is 0.164. The van der Waals surface area contributed by atoms with Gasteiger partial charge in [-0.2, -0.15) is 0 Å². The van der Waals surface area contributed by atoms with Crippen molar-refractivity contribution < 1.29 is 19.1 Å². The van der Waals surface area contributed by atoms with E-state index < -0.39 is 0 Å². The van der Waals surface area contributed by atoms with Crippen LogP contribution in [-0.4, -0.2) is 25.2 Å². The highest BCUT2D eigenvalue weighted by atomic mass is 16.5. The van der Waals surface area contributed by atoms with Crippen LogP contribution in [0.4, 0.5) is 0 Å². The lowest BCUT2D eigenvalue weighted by atomic mass is 9.97. The molecule has 0 aromatic heterocycles. The molecule has 0 spiro atoms. The molecule has 0 aliphatic heterocycles. The van der Waals surface area contributed by atoms with Gasteiger partial charge < -0.3 is 9.47 Å². The maximum absolute atomic E-state index is 11.3. The van der Waals surface area contributed by atoms with Crippen LogP contribution in [0.15, 0.2) is 0 Å². The highest BCUT2D eigenvalue weighted by Gasteiger charge is 2.07. The minimum Gasteiger partial charge on any atom is -0.466 e. The fraction of sp³-hybridized carbons (Fsp3) is 0.917. The lowest BCUT2D eigenvalue weighted by Crippen LogP contribution is -2.06. The van der Waals surface area contributed by atoms with Crippen LogP contribution in [0, 0.1) is 5.92 Å². The molecule has 0 radical (unpaired) electrons. The molecule has 166 valence electrons. The van der Waals surface area contributed by atoms with E-state index in [1.165, 1.54) is 70.6 Å². The van der Waals surface area contributed by atoms with Gasteiger partial charge in [-0.3, -0.25) is 9.59 Å². The van der Waals surface area contributed by atoms with Crippen molar-refractivity contribution in [2.75, 3.05) is 13.2 Å². The third kappa shape index (κ3) is 19.7. The first-order valence-electron chi connectivity index (χ1n) is 11.9. The standard InChI is InChI=1S/C24H46O4/c1-4-27-23(25)19-17-15-13-11-9-7-6-8-10-12-14-16-18-22(3)20-21-24(26)28-5-2/h22H,4-21H2,1-3H3. The number of ether oxygens (including phenoxy) is 2. The van der Waals surface area contributed by atoms with Crippen molar-refractivity contribution >= 4 is 11.9 Å². The zero-order chi connectivity index (χ0) is 20.9. The van der Waals surface area contributed by atoms with Gasteiger partial charge >= 0.3 is 11.9 Å². The Morgan fingerprint density at radius 1 is 0.571 bits per heavy atom. The van der Waals surface area contributed by atoms with E-state index >= 15 is 0 Å². The Kier molecular flexibility index (Phi) is 19.9.